The summed E-state index contributed by atoms with van der Waals surface area (Å²) in [7, 11) is 1.80. The molecule has 2 saturated heterocycles. The Morgan fingerprint density at radius 1 is 1.13 bits per heavy atom. The van der Waals surface area contributed by atoms with Crippen molar-refractivity contribution >= 4 is 0 Å². The van der Waals surface area contributed by atoms with Crippen molar-refractivity contribution in [2.24, 2.45) is 0 Å². The second-order valence-corrected chi connectivity index (χ2v) is 6.95. The molecule has 2 aliphatic carbocycles. The number of likely N-dealkylation sites (tertiary alicyclic amines) is 1. The van der Waals surface area contributed by atoms with Crippen LogP contribution < -0.4 is 0 Å². The first kappa shape index (κ1) is 15.4. The van der Waals surface area contributed by atoms with E-state index < -0.39 is 0 Å². The van der Waals surface area contributed by atoms with Gasteiger partial charge in [-0.3, -0.25) is 9.80 Å². The zero-order valence-electron chi connectivity index (χ0n) is 14.2. The second kappa shape index (κ2) is 6.80. The predicted octanol–water partition coefficient (Wildman–Crippen LogP) is 2.34. The van der Waals surface area contributed by atoms with Crippen LogP contribution in [0.5, 0.6) is 0 Å². The molecular weight excluding hydrogens is 288 g/mol. The molecule has 0 saturated carbocycles. The first-order chi connectivity index (χ1) is 11.4. The molecule has 0 spiro atoms. The standard InChI is InChI=1S/C19H28N2O2/c1-22-19-4-2-3-15-16-7-8-21(18(16)6-5-17(15)19)10-9-20-11-13-23-14-12-20/h2,4,18H,3,5-14H2,1H3. The summed E-state index contributed by atoms with van der Waals surface area (Å²) >= 11 is 0. The average molecular weight is 316 g/mol. The van der Waals surface area contributed by atoms with Gasteiger partial charge in [-0.25, -0.2) is 0 Å². The van der Waals surface area contributed by atoms with E-state index in [1.165, 1.54) is 44.5 Å². The Morgan fingerprint density at radius 3 is 2.83 bits per heavy atom. The number of hydrogen-bond donors (Lipinski definition) is 0. The Morgan fingerprint density at radius 2 is 2.00 bits per heavy atom. The van der Waals surface area contributed by atoms with Crippen molar-refractivity contribution in [1.82, 2.24) is 9.80 Å². The van der Waals surface area contributed by atoms with Gasteiger partial charge in [-0.2, -0.15) is 0 Å². The lowest BCUT2D eigenvalue weighted by molar-refractivity contribution is 0.0328. The fourth-order valence-electron chi connectivity index (χ4n) is 4.61. The summed E-state index contributed by atoms with van der Waals surface area (Å²) in [4.78, 5) is 5.27. The Labute approximate surface area is 139 Å². The van der Waals surface area contributed by atoms with Gasteiger partial charge in [0.1, 0.15) is 5.76 Å². The lowest BCUT2D eigenvalue weighted by Gasteiger charge is -2.34. The lowest BCUT2D eigenvalue weighted by Crippen LogP contribution is -2.43. The Balaban J connectivity index is 1.45. The minimum atomic E-state index is 0.680. The molecule has 1 unspecified atom stereocenters. The Hall–Kier alpha value is -1.10. The second-order valence-electron chi connectivity index (χ2n) is 6.95. The van der Waals surface area contributed by atoms with E-state index in [0.29, 0.717) is 6.04 Å². The molecule has 23 heavy (non-hydrogen) atoms. The van der Waals surface area contributed by atoms with E-state index in [4.69, 9.17) is 9.47 Å². The molecule has 0 N–H and O–H groups in total. The van der Waals surface area contributed by atoms with Crippen molar-refractivity contribution in [3.63, 3.8) is 0 Å². The van der Waals surface area contributed by atoms with Crippen molar-refractivity contribution in [3.05, 3.63) is 34.6 Å². The SMILES string of the molecule is COC1=C2CCC3C(=C2CC=C1)CCN3CCN1CCOCC1. The molecule has 4 aliphatic rings. The number of rotatable bonds is 4. The highest BCUT2D eigenvalue weighted by atomic mass is 16.5. The molecule has 4 heteroatoms. The van der Waals surface area contributed by atoms with Gasteiger partial charge >= 0.3 is 0 Å². The fraction of sp³-hybridized carbons (Fsp3) is 0.684. The predicted molar refractivity (Wildman–Crippen MR) is 91.3 cm³/mol. The number of ether oxygens (including phenoxy) is 2. The minimum Gasteiger partial charge on any atom is -0.496 e. The number of allylic oxidation sites excluding steroid dienone is 4. The van der Waals surface area contributed by atoms with Gasteiger partial charge in [-0.1, -0.05) is 6.08 Å². The smallest absolute Gasteiger partial charge is 0.122 e. The van der Waals surface area contributed by atoms with Crippen molar-refractivity contribution in [3.8, 4) is 0 Å². The highest BCUT2D eigenvalue weighted by molar-refractivity contribution is 5.49. The molecule has 4 nitrogen and oxygen atoms in total. The summed E-state index contributed by atoms with van der Waals surface area (Å²) in [6.07, 6.45) is 9.21. The van der Waals surface area contributed by atoms with E-state index in [9.17, 15) is 0 Å². The summed E-state index contributed by atoms with van der Waals surface area (Å²) in [6.45, 7) is 7.62. The van der Waals surface area contributed by atoms with Gasteiger partial charge in [0, 0.05) is 38.8 Å². The van der Waals surface area contributed by atoms with Crippen LogP contribution in [-0.4, -0.2) is 68.9 Å². The summed E-state index contributed by atoms with van der Waals surface area (Å²) in [5.41, 5.74) is 4.78. The normalized spacial score (nSPS) is 29.0. The van der Waals surface area contributed by atoms with Crippen molar-refractivity contribution in [2.75, 3.05) is 53.0 Å². The third-order valence-electron chi connectivity index (χ3n) is 5.85. The van der Waals surface area contributed by atoms with E-state index in [-0.39, 0.29) is 0 Å². The van der Waals surface area contributed by atoms with E-state index in [1.807, 2.05) is 0 Å². The van der Waals surface area contributed by atoms with Crippen LogP contribution in [0.3, 0.4) is 0 Å². The topological polar surface area (TPSA) is 24.9 Å². The van der Waals surface area contributed by atoms with Crippen LogP contribution >= 0.6 is 0 Å². The summed E-state index contributed by atoms with van der Waals surface area (Å²) in [5.74, 6) is 1.10. The van der Waals surface area contributed by atoms with Crippen molar-refractivity contribution in [1.29, 1.82) is 0 Å². The molecule has 2 heterocycles. The van der Waals surface area contributed by atoms with E-state index >= 15 is 0 Å². The molecule has 1 atom stereocenters. The Bertz CT molecular complexity index is 544. The fourth-order valence-corrected chi connectivity index (χ4v) is 4.61. The molecule has 0 aromatic carbocycles. The highest BCUT2D eigenvalue weighted by Gasteiger charge is 2.36. The maximum Gasteiger partial charge on any atom is 0.122 e. The molecule has 0 bridgehead atoms. The first-order valence-corrected chi connectivity index (χ1v) is 9.07. The molecule has 0 amide bonds. The summed E-state index contributed by atoms with van der Waals surface area (Å²) < 4.78 is 11.0. The van der Waals surface area contributed by atoms with Crippen LogP contribution in [-0.2, 0) is 9.47 Å². The monoisotopic (exact) mass is 316 g/mol. The summed E-state index contributed by atoms with van der Waals surface area (Å²) in [6, 6.07) is 0.680. The van der Waals surface area contributed by atoms with Gasteiger partial charge < -0.3 is 9.47 Å². The highest BCUT2D eigenvalue weighted by Crippen LogP contribution is 2.43. The molecule has 4 rings (SSSR count). The number of fused-ring (bicyclic) bond motifs is 2. The maximum absolute atomic E-state index is 5.59. The van der Waals surface area contributed by atoms with E-state index in [1.54, 1.807) is 18.3 Å². The van der Waals surface area contributed by atoms with Gasteiger partial charge in [0.15, 0.2) is 0 Å². The third kappa shape index (κ3) is 3.00. The molecule has 126 valence electrons. The van der Waals surface area contributed by atoms with Crippen LogP contribution in [0.15, 0.2) is 34.6 Å². The molecule has 0 aromatic rings. The summed E-state index contributed by atoms with van der Waals surface area (Å²) in [5, 5.41) is 0. The molecule has 0 aromatic heterocycles. The minimum absolute atomic E-state index is 0.680. The van der Waals surface area contributed by atoms with Crippen LogP contribution in [0.25, 0.3) is 0 Å². The van der Waals surface area contributed by atoms with Gasteiger partial charge in [0.05, 0.1) is 20.3 Å². The lowest BCUT2D eigenvalue weighted by atomic mass is 9.80. The maximum atomic E-state index is 5.59. The van der Waals surface area contributed by atoms with Gasteiger partial charge in [-0.05, 0) is 48.5 Å². The average Bonchev–Trinajstić information content (AvgIpc) is 3.04. The number of morpholine rings is 1. The van der Waals surface area contributed by atoms with E-state index in [2.05, 4.69) is 22.0 Å². The van der Waals surface area contributed by atoms with Crippen molar-refractivity contribution < 1.29 is 9.47 Å². The first-order valence-electron chi connectivity index (χ1n) is 9.07. The van der Waals surface area contributed by atoms with Crippen LogP contribution in [0.1, 0.15) is 25.7 Å². The Kier molecular flexibility index (Phi) is 4.56. The zero-order chi connectivity index (χ0) is 15.6. The number of hydrogen-bond acceptors (Lipinski definition) is 4. The molecule has 2 fully saturated rings. The molecule has 0 radical (unpaired) electrons. The molecular formula is C19H28N2O2. The third-order valence-corrected chi connectivity index (χ3v) is 5.85. The van der Waals surface area contributed by atoms with Gasteiger partial charge in [0.25, 0.3) is 0 Å². The van der Waals surface area contributed by atoms with Crippen LogP contribution in [0.2, 0.25) is 0 Å². The number of methoxy groups -OCH3 is 1. The largest absolute Gasteiger partial charge is 0.496 e. The van der Waals surface area contributed by atoms with Gasteiger partial charge in [0.2, 0.25) is 0 Å². The van der Waals surface area contributed by atoms with E-state index in [0.717, 1.165) is 38.5 Å². The van der Waals surface area contributed by atoms with Gasteiger partial charge in [-0.15, -0.1) is 0 Å². The zero-order valence-corrected chi connectivity index (χ0v) is 14.2. The quantitative estimate of drug-likeness (QED) is 0.795. The van der Waals surface area contributed by atoms with Crippen LogP contribution in [0.4, 0.5) is 0 Å². The van der Waals surface area contributed by atoms with Crippen molar-refractivity contribution in [2.45, 2.75) is 31.7 Å². The molecule has 2 aliphatic heterocycles. The number of nitrogens with zero attached hydrogens (tertiary/aromatic N) is 2. The van der Waals surface area contributed by atoms with Crippen LogP contribution in [0, 0.1) is 0 Å².